The second-order valence-electron chi connectivity index (χ2n) is 4.45. The number of hydrogen-bond donors (Lipinski definition) is 2. The second-order valence-corrected chi connectivity index (χ2v) is 5.45. The summed E-state index contributed by atoms with van der Waals surface area (Å²) >= 11 is 1.57. The lowest BCUT2D eigenvalue weighted by Gasteiger charge is -2.07. The van der Waals surface area contributed by atoms with E-state index in [0.717, 1.165) is 10.4 Å². The van der Waals surface area contributed by atoms with Gasteiger partial charge in [-0.3, -0.25) is 14.9 Å². The zero-order valence-electron chi connectivity index (χ0n) is 11.7. The second kappa shape index (κ2) is 6.36. The lowest BCUT2D eigenvalue weighted by Crippen LogP contribution is -2.22. The van der Waals surface area contributed by atoms with Crippen LogP contribution in [0.3, 0.4) is 0 Å². The van der Waals surface area contributed by atoms with Crippen molar-refractivity contribution >= 4 is 28.6 Å². The fourth-order valence-corrected chi connectivity index (χ4v) is 2.73. The summed E-state index contributed by atoms with van der Waals surface area (Å²) in [5.41, 5.74) is 1.66. The van der Waals surface area contributed by atoms with Gasteiger partial charge in [0.05, 0.1) is 11.5 Å². The molecule has 0 bridgehead atoms. The van der Waals surface area contributed by atoms with E-state index in [9.17, 15) is 14.9 Å². The van der Waals surface area contributed by atoms with Gasteiger partial charge in [0.1, 0.15) is 5.69 Å². The zero-order chi connectivity index (χ0) is 15.4. The maximum atomic E-state index is 12.1. The van der Waals surface area contributed by atoms with E-state index in [4.69, 9.17) is 0 Å². The third-order valence-corrected chi connectivity index (χ3v) is 4.13. The van der Waals surface area contributed by atoms with Crippen LogP contribution in [0.4, 0.5) is 11.4 Å². The van der Waals surface area contributed by atoms with Crippen molar-refractivity contribution in [3.8, 4) is 0 Å². The molecule has 1 aromatic carbocycles. The van der Waals surface area contributed by atoms with E-state index in [1.165, 1.54) is 12.1 Å². The summed E-state index contributed by atoms with van der Waals surface area (Å²) in [6, 6.07) is 6.36. The van der Waals surface area contributed by atoms with Crippen molar-refractivity contribution in [2.45, 2.75) is 13.5 Å². The first-order chi connectivity index (χ1) is 10.0. The number of aryl methyl sites for hydroxylation is 1. The fourth-order valence-electron chi connectivity index (χ4n) is 1.88. The number of carbonyl (C=O) groups is 1. The Morgan fingerprint density at radius 2 is 2.14 bits per heavy atom. The number of amides is 1. The number of benzene rings is 1. The Kier molecular flexibility index (Phi) is 4.54. The van der Waals surface area contributed by atoms with Crippen LogP contribution in [0.1, 0.15) is 20.8 Å². The summed E-state index contributed by atoms with van der Waals surface area (Å²) in [6.45, 7) is 2.40. The molecule has 21 heavy (non-hydrogen) atoms. The molecule has 110 valence electrons. The topological polar surface area (TPSA) is 84.3 Å². The van der Waals surface area contributed by atoms with E-state index in [1.807, 2.05) is 18.4 Å². The largest absolute Gasteiger partial charge is 0.383 e. The molecule has 0 aliphatic heterocycles. The molecule has 2 N–H and O–H groups in total. The molecule has 0 fully saturated rings. The Balaban J connectivity index is 2.14. The summed E-state index contributed by atoms with van der Waals surface area (Å²) in [6.07, 6.45) is 0. The Hall–Kier alpha value is -2.41. The molecule has 1 amide bonds. The first-order valence-electron chi connectivity index (χ1n) is 6.30. The van der Waals surface area contributed by atoms with Gasteiger partial charge < -0.3 is 10.6 Å². The highest BCUT2D eigenvalue weighted by Crippen LogP contribution is 2.25. The van der Waals surface area contributed by atoms with Crippen molar-refractivity contribution in [3.05, 3.63) is 55.8 Å². The molecule has 0 atom stereocenters. The smallest absolute Gasteiger partial charge is 0.293 e. The lowest BCUT2D eigenvalue weighted by atomic mass is 10.1. The highest BCUT2D eigenvalue weighted by Gasteiger charge is 2.16. The molecule has 2 aromatic rings. The minimum atomic E-state index is -0.508. The summed E-state index contributed by atoms with van der Waals surface area (Å²) in [5.74, 6) is -0.325. The van der Waals surface area contributed by atoms with Gasteiger partial charge in [0.2, 0.25) is 0 Å². The van der Waals surface area contributed by atoms with Crippen LogP contribution in [0.5, 0.6) is 0 Å². The van der Waals surface area contributed by atoms with Crippen molar-refractivity contribution in [3.63, 3.8) is 0 Å². The highest BCUT2D eigenvalue weighted by molar-refractivity contribution is 7.10. The summed E-state index contributed by atoms with van der Waals surface area (Å²) in [5, 5.41) is 18.4. The zero-order valence-corrected chi connectivity index (χ0v) is 12.5. The Labute approximate surface area is 126 Å². The van der Waals surface area contributed by atoms with Crippen LogP contribution in [0.25, 0.3) is 0 Å². The molecule has 7 heteroatoms. The van der Waals surface area contributed by atoms with E-state index in [-0.39, 0.29) is 17.2 Å². The average molecular weight is 305 g/mol. The number of carbonyl (C=O) groups excluding carboxylic acids is 1. The van der Waals surface area contributed by atoms with E-state index < -0.39 is 4.92 Å². The maximum absolute atomic E-state index is 12.1. The Morgan fingerprint density at radius 1 is 1.38 bits per heavy atom. The number of nitrogens with zero attached hydrogens (tertiary/aromatic N) is 1. The molecule has 0 aliphatic rings. The summed E-state index contributed by atoms with van der Waals surface area (Å²) in [4.78, 5) is 23.6. The van der Waals surface area contributed by atoms with Gasteiger partial charge in [-0.1, -0.05) is 0 Å². The van der Waals surface area contributed by atoms with Crippen molar-refractivity contribution in [2.24, 2.45) is 0 Å². The first-order valence-corrected chi connectivity index (χ1v) is 7.18. The molecule has 1 aromatic heterocycles. The predicted octanol–water partition coefficient (Wildman–Crippen LogP) is 2.94. The third-order valence-electron chi connectivity index (χ3n) is 3.10. The predicted molar refractivity (Wildman–Crippen MR) is 82.9 cm³/mol. The number of nitro benzene ring substituents is 1. The molecule has 2 rings (SSSR count). The van der Waals surface area contributed by atoms with E-state index in [0.29, 0.717) is 12.2 Å². The van der Waals surface area contributed by atoms with Gasteiger partial charge in [-0.15, -0.1) is 11.3 Å². The van der Waals surface area contributed by atoms with Crippen LogP contribution in [0, 0.1) is 17.0 Å². The molecule has 0 spiro atoms. The standard InChI is InChI=1S/C14H15N3O3S/c1-9-5-6-21-13(9)8-16-14(18)10-3-4-11(15-2)12(7-10)17(19)20/h3-7,15H,8H2,1-2H3,(H,16,18). The molecule has 0 unspecified atom stereocenters. The van der Waals surface area contributed by atoms with Gasteiger partial charge in [-0.25, -0.2) is 0 Å². The molecule has 0 saturated heterocycles. The van der Waals surface area contributed by atoms with Crippen LogP contribution in [-0.4, -0.2) is 17.9 Å². The SMILES string of the molecule is CNc1ccc(C(=O)NCc2sccc2C)cc1[N+](=O)[O-]. The van der Waals surface area contributed by atoms with E-state index >= 15 is 0 Å². The number of anilines is 1. The number of nitro groups is 1. The first kappa shape index (κ1) is 15.0. The number of hydrogen-bond acceptors (Lipinski definition) is 5. The number of rotatable bonds is 5. The van der Waals surface area contributed by atoms with Gasteiger partial charge in [0.25, 0.3) is 11.6 Å². The molecule has 0 aliphatic carbocycles. The monoisotopic (exact) mass is 305 g/mol. The highest BCUT2D eigenvalue weighted by atomic mass is 32.1. The average Bonchev–Trinajstić information content (AvgIpc) is 2.89. The Bertz CT molecular complexity index is 682. The van der Waals surface area contributed by atoms with E-state index in [2.05, 4.69) is 10.6 Å². The molecule has 0 radical (unpaired) electrons. The van der Waals surface area contributed by atoms with Crippen molar-refractivity contribution in [1.29, 1.82) is 0 Å². The van der Waals surface area contributed by atoms with Crippen LogP contribution < -0.4 is 10.6 Å². The third kappa shape index (κ3) is 3.38. The molecule has 0 saturated carbocycles. The van der Waals surface area contributed by atoms with Crippen molar-refractivity contribution in [1.82, 2.24) is 5.32 Å². The van der Waals surface area contributed by atoms with Crippen LogP contribution >= 0.6 is 11.3 Å². The summed E-state index contributed by atoms with van der Waals surface area (Å²) < 4.78 is 0. The normalized spacial score (nSPS) is 10.2. The minimum absolute atomic E-state index is 0.113. The van der Waals surface area contributed by atoms with Gasteiger partial charge in [-0.05, 0) is 36.1 Å². The molecule has 6 nitrogen and oxygen atoms in total. The van der Waals surface area contributed by atoms with Crippen molar-refractivity contribution in [2.75, 3.05) is 12.4 Å². The molecular weight excluding hydrogens is 290 g/mol. The number of thiophene rings is 1. The maximum Gasteiger partial charge on any atom is 0.293 e. The fraction of sp³-hybridized carbons (Fsp3) is 0.214. The lowest BCUT2D eigenvalue weighted by molar-refractivity contribution is -0.384. The van der Waals surface area contributed by atoms with Crippen LogP contribution in [-0.2, 0) is 6.54 Å². The molecular formula is C14H15N3O3S. The molecule has 1 heterocycles. The van der Waals surface area contributed by atoms with Gasteiger partial charge in [-0.2, -0.15) is 0 Å². The van der Waals surface area contributed by atoms with Crippen LogP contribution in [0.2, 0.25) is 0 Å². The quantitative estimate of drug-likeness (QED) is 0.657. The Morgan fingerprint density at radius 3 is 2.71 bits per heavy atom. The van der Waals surface area contributed by atoms with Crippen LogP contribution in [0.15, 0.2) is 29.6 Å². The number of nitrogens with one attached hydrogen (secondary N) is 2. The summed E-state index contributed by atoms with van der Waals surface area (Å²) in [7, 11) is 1.60. The van der Waals surface area contributed by atoms with Gasteiger partial charge in [0.15, 0.2) is 0 Å². The van der Waals surface area contributed by atoms with Gasteiger partial charge >= 0.3 is 0 Å². The minimum Gasteiger partial charge on any atom is -0.383 e. The van der Waals surface area contributed by atoms with Gasteiger partial charge in [0, 0.05) is 23.6 Å². The van der Waals surface area contributed by atoms with E-state index in [1.54, 1.807) is 24.5 Å². The van der Waals surface area contributed by atoms with Crippen molar-refractivity contribution < 1.29 is 9.72 Å².